The molecule has 0 spiro atoms. The number of carbonyl (C=O) groups excluding carboxylic acids is 1. The first-order valence-electron chi connectivity index (χ1n) is 14.1. The Kier molecular flexibility index (Phi) is 23.8. The number of aromatic amines is 1. The molecule has 7 heterocycles. The van der Waals surface area contributed by atoms with Crippen molar-refractivity contribution in [2.75, 3.05) is 33.7 Å². The summed E-state index contributed by atoms with van der Waals surface area (Å²) in [7, 11) is 4.53. The molecule has 0 atom stereocenters. The van der Waals surface area contributed by atoms with Crippen LogP contribution in [0.25, 0.3) is 30.6 Å². The second-order valence-electron chi connectivity index (χ2n) is 8.81. The van der Waals surface area contributed by atoms with Gasteiger partial charge >= 0.3 is 11.2 Å². The van der Waals surface area contributed by atoms with Gasteiger partial charge in [-0.15, -0.1) is 45.3 Å². The van der Waals surface area contributed by atoms with Gasteiger partial charge in [0.15, 0.2) is 0 Å². The van der Waals surface area contributed by atoms with Crippen molar-refractivity contribution in [1.29, 1.82) is 0 Å². The largest absolute Gasteiger partial charge is 0.462 e. The van der Waals surface area contributed by atoms with Crippen LogP contribution in [0.15, 0.2) is 81.7 Å². The van der Waals surface area contributed by atoms with E-state index in [1.807, 2.05) is 40.5 Å². The minimum Gasteiger partial charge on any atom is -0.462 e. The van der Waals surface area contributed by atoms with Gasteiger partial charge in [-0.1, -0.05) is 19.0 Å². The highest BCUT2D eigenvalue weighted by molar-refractivity contribution is 8.24. The molecule has 0 aliphatic carbocycles. The number of esters is 1. The average Bonchev–Trinajstić information content (AvgIpc) is 3.94. The summed E-state index contributed by atoms with van der Waals surface area (Å²) in [6.45, 7) is 1.64. The maximum Gasteiger partial charge on any atom is 0.350 e. The zero-order chi connectivity index (χ0) is 38.5. The summed E-state index contributed by atoms with van der Waals surface area (Å²) in [5, 5.41) is 5.19. The lowest BCUT2D eigenvalue weighted by Crippen LogP contribution is -2.14. The lowest BCUT2D eigenvalue weighted by Gasteiger charge is -2.08. The van der Waals surface area contributed by atoms with Crippen LogP contribution in [0.4, 0.5) is 5.69 Å². The maximum atomic E-state index is 11.0. The minimum atomic E-state index is -3.22. The number of nitrogens with two attached hydrogens (primary N) is 1. The fourth-order valence-corrected chi connectivity index (χ4v) is 6.53. The zero-order valence-electron chi connectivity index (χ0n) is 27.6. The number of carbonyl (C=O) groups is 1. The summed E-state index contributed by atoms with van der Waals surface area (Å²) < 4.78 is 31.0. The molecule has 288 valence electrons. The number of fused-ring (bicyclic) bond motifs is 3. The van der Waals surface area contributed by atoms with E-state index >= 15 is 0 Å². The van der Waals surface area contributed by atoms with E-state index in [1.54, 1.807) is 59.6 Å². The maximum absolute atomic E-state index is 11.0. The Morgan fingerprint density at radius 3 is 1.94 bits per heavy atom. The molecule has 7 aromatic heterocycles. The molecule has 0 saturated carbocycles. The number of aromatic nitrogens is 5. The predicted octanol–water partition coefficient (Wildman–Crippen LogP) is 10.8. The molecular formula is C31H35Cl4N6O7PS4. The third kappa shape index (κ3) is 18.4. The third-order valence-corrected chi connectivity index (χ3v) is 9.43. The molecule has 7 aromatic rings. The van der Waals surface area contributed by atoms with Gasteiger partial charge in [0, 0.05) is 33.7 Å². The molecule has 7 rings (SSSR count). The molecule has 53 heavy (non-hydrogen) atoms. The minimum absolute atomic E-state index is 0. The zero-order valence-corrected chi connectivity index (χ0v) is 34.8. The number of nitrogens with one attached hydrogen (secondary N) is 1. The summed E-state index contributed by atoms with van der Waals surface area (Å²) in [6.07, 6.45) is 6.52. The van der Waals surface area contributed by atoms with Gasteiger partial charge in [0.25, 0.3) is 12.0 Å². The highest BCUT2D eigenvalue weighted by Crippen LogP contribution is 2.61. The van der Waals surface area contributed by atoms with Crippen LogP contribution < -0.4 is 11.3 Å². The number of anilines is 1. The summed E-state index contributed by atoms with van der Waals surface area (Å²) in [4.78, 5) is 41.0. The SMILES string of the molecule is C.CCOC(=O)c1sccc1N.COC(OC)OC.Clc1ccnc2ccsc12.O=P(Cl)(Cl)Cl.O=c1[nH]cnc2ccsc12.c1ncc2sccc2n1. The Balaban J connectivity index is 0.000000322. The number of hydrogen-bond donors (Lipinski definition) is 2. The number of thiophene rings is 4. The van der Waals surface area contributed by atoms with E-state index in [0.29, 0.717) is 21.9 Å². The van der Waals surface area contributed by atoms with Crippen molar-refractivity contribution in [3.63, 3.8) is 0 Å². The van der Waals surface area contributed by atoms with Gasteiger partial charge in [0.2, 0.25) is 0 Å². The Hall–Kier alpha value is -2.77. The second-order valence-corrected chi connectivity index (χ2v) is 19.5. The first kappa shape index (κ1) is 48.2. The number of methoxy groups -OCH3 is 3. The van der Waals surface area contributed by atoms with Crippen LogP contribution >= 0.6 is 95.9 Å². The molecule has 22 heteroatoms. The molecule has 0 amide bonds. The second kappa shape index (κ2) is 26.1. The number of halogens is 4. The lowest BCUT2D eigenvalue weighted by molar-refractivity contribution is -0.252. The predicted molar refractivity (Wildman–Crippen MR) is 224 cm³/mol. The molecule has 0 aliphatic heterocycles. The van der Waals surface area contributed by atoms with Crippen LogP contribution in [0.5, 0.6) is 0 Å². The van der Waals surface area contributed by atoms with Crippen LogP contribution in [0.1, 0.15) is 24.0 Å². The fraction of sp³-hybridized carbons (Fsp3) is 0.226. The third-order valence-electron chi connectivity index (χ3n) is 5.41. The summed E-state index contributed by atoms with van der Waals surface area (Å²) in [5.74, 6) is -0.333. The quantitative estimate of drug-likeness (QED) is 0.0949. The van der Waals surface area contributed by atoms with Crippen LogP contribution in [-0.4, -0.2) is 65.3 Å². The van der Waals surface area contributed by atoms with Crippen LogP contribution in [0.2, 0.25) is 5.02 Å². The van der Waals surface area contributed by atoms with Crippen molar-refractivity contribution in [2.24, 2.45) is 0 Å². The molecule has 0 fully saturated rings. The van der Waals surface area contributed by atoms with Crippen LogP contribution in [0, 0.1) is 0 Å². The molecule has 0 saturated heterocycles. The molecule has 0 aliphatic rings. The fourth-order valence-electron chi connectivity index (χ4n) is 3.33. The van der Waals surface area contributed by atoms with E-state index in [2.05, 4.69) is 72.9 Å². The number of rotatable bonds is 5. The van der Waals surface area contributed by atoms with Crippen molar-refractivity contribution < 1.29 is 28.3 Å². The monoisotopic (exact) mass is 902 g/mol. The van der Waals surface area contributed by atoms with Crippen molar-refractivity contribution in [3.05, 3.63) is 97.2 Å². The van der Waals surface area contributed by atoms with E-state index in [-0.39, 0.29) is 19.0 Å². The molecule has 0 unspecified atom stereocenters. The molecule has 13 nitrogen and oxygen atoms in total. The Morgan fingerprint density at radius 1 is 0.868 bits per heavy atom. The Morgan fingerprint density at radius 2 is 1.43 bits per heavy atom. The van der Waals surface area contributed by atoms with Gasteiger partial charge in [0.1, 0.15) is 15.9 Å². The number of nitrogens with zero attached hydrogens (tertiary/aromatic N) is 4. The van der Waals surface area contributed by atoms with Crippen molar-refractivity contribution in [2.45, 2.75) is 20.8 Å². The van der Waals surface area contributed by atoms with Gasteiger partial charge < -0.3 is 29.7 Å². The number of H-pyrrole nitrogens is 1. The summed E-state index contributed by atoms with van der Waals surface area (Å²) in [5.41, 5.74) is 8.71. The molecule has 0 radical (unpaired) electrons. The van der Waals surface area contributed by atoms with Gasteiger partial charge in [-0.25, -0.2) is 19.7 Å². The Bertz CT molecular complexity index is 2130. The van der Waals surface area contributed by atoms with E-state index in [0.717, 1.165) is 31.0 Å². The normalized spacial score (nSPS) is 10.1. The van der Waals surface area contributed by atoms with Crippen molar-refractivity contribution in [3.8, 4) is 0 Å². The van der Waals surface area contributed by atoms with Gasteiger partial charge in [0.05, 0.1) is 49.6 Å². The smallest absolute Gasteiger partial charge is 0.350 e. The van der Waals surface area contributed by atoms with E-state index in [9.17, 15) is 14.2 Å². The van der Waals surface area contributed by atoms with Crippen LogP contribution in [-0.2, 0) is 23.5 Å². The number of nitrogen functional groups attached to an aromatic ring is 1. The Labute approximate surface area is 340 Å². The number of ether oxygens (including phenoxy) is 4. The van der Waals surface area contributed by atoms with Crippen molar-refractivity contribution in [1.82, 2.24) is 24.9 Å². The molecule has 0 aromatic carbocycles. The molecule has 3 N–H and O–H groups in total. The van der Waals surface area contributed by atoms with Crippen molar-refractivity contribution >= 4 is 138 Å². The first-order chi connectivity index (χ1) is 24.8. The highest BCUT2D eigenvalue weighted by Gasteiger charge is 2.11. The van der Waals surface area contributed by atoms with E-state index in [1.165, 1.54) is 50.3 Å². The molecule has 0 bridgehead atoms. The summed E-state index contributed by atoms with van der Waals surface area (Å²) in [6, 6.07) is 9.28. The standard InChI is InChI=1S/C7H4ClNS.C7H9NO2S.C6H4N2OS.C6H4N2S.C4H10O3.CH4.Cl3OP/c8-5-1-3-9-6-2-4-10-7(5)6;1-2-10-7(9)6-5(8)3-4-11-6;9-6-5-4(1-2-10-5)7-3-8-6;1-2-9-6-3-7-4-8-5(1)6;1-5-4(6-2)7-3;;1-5(2,3)4/h1-4H;3-4H,2,8H2,1H3;1-3H,(H,7,8,9);1-4H;4H,1-3H3;1H4;. The van der Waals surface area contributed by atoms with Gasteiger partial charge in [-0.05, 0) is 92.5 Å². The highest BCUT2D eigenvalue weighted by atomic mass is 36.0. The topological polar surface area (TPSA) is 181 Å². The van der Waals surface area contributed by atoms with Gasteiger partial charge in [-0.2, -0.15) is 0 Å². The first-order valence-corrected chi connectivity index (χ1v) is 22.4. The van der Waals surface area contributed by atoms with Crippen LogP contribution in [0.3, 0.4) is 0 Å². The summed E-state index contributed by atoms with van der Waals surface area (Å²) >= 11 is 25.7. The van der Waals surface area contributed by atoms with E-state index in [4.69, 9.17) is 22.1 Å². The van der Waals surface area contributed by atoms with Gasteiger partial charge in [-0.3, -0.25) is 14.3 Å². The number of pyridine rings is 1. The lowest BCUT2D eigenvalue weighted by atomic mass is 10.4. The number of hydrogen-bond acceptors (Lipinski definition) is 16. The molecular weight excluding hydrogens is 869 g/mol. The van der Waals surface area contributed by atoms with E-state index < -0.39 is 11.7 Å². The average molecular weight is 905 g/mol.